The molecule has 1 aliphatic heterocycles. The van der Waals surface area contributed by atoms with Crippen molar-refractivity contribution in [3.63, 3.8) is 0 Å². The molecule has 3 aromatic rings. The Labute approximate surface area is 232 Å². The molecule has 1 N–H and O–H groups in total. The van der Waals surface area contributed by atoms with Crippen LogP contribution in [0.1, 0.15) is 42.3 Å². The predicted molar refractivity (Wildman–Crippen MR) is 150 cm³/mol. The van der Waals surface area contributed by atoms with Gasteiger partial charge in [0.1, 0.15) is 28.0 Å². The van der Waals surface area contributed by atoms with Crippen molar-refractivity contribution < 1.29 is 28.6 Å². The molecular weight excluding hydrogens is 520 g/mol. The Morgan fingerprint density at radius 2 is 1.54 bits per heavy atom. The fourth-order valence-electron chi connectivity index (χ4n) is 4.11. The minimum absolute atomic E-state index is 0.101. The van der Waals surface area contributed by atoms with Crippen LogP contribution >= 0.6 is 11.6 Å². The molecule has 2 amide bonds. The Bertz CT molecular complexity index is 1490. The molecule has 0 spiro atoms. The summed E-state index contributed by atoms with van der Waals surface area (Å²) in [5.74, 6) is -0.643. The zero-order valence-electron chi connectivity index (χ0n) is 22.5. The highest BCUT2D eigenvalue weighted by atomic mass is 35.5. The van der Waals surface area contributed by atoms with Crippen molar-refractivity contribution in [3.8, 4) is 17.2 Å². The summed E-state index contributed by atoms with van der Waals surface area (Å²) in [7, 11) is 2.90. The van der Waals surface area contributed by atoms with E-state index in [1.54, 1.807) is 42.5 Å². The highest BCUT2D eigenvalue weighted by Crippen LogP contribution is 2.38. The molecule has 1 aliphatic rings. The standard InChI is InChI=1S/C30H29ClN2O6/c1-17-7-13-23(21(15-17)30(2,3)4)39-29(36)18-8-10-19(11-9-18)32-26-25(31)27(34)33(28(26)35)22-16-20(37-5)12-14-24(22)38-6/h7-16,32H,1-6H3. The Hall–Kier alpha value is -4.30. The maximum absolute atomic E-state index is 13.2. The Morgan fingerprint density at radius 3 is 2.15 bits per heavy atom. The molecule has 0 saturated carbocycles. The minimum Gasteiger partial charge on any atom is -0.497 e. The topological polar surface area (TPSA) is 94.2 Å². The molecule has 0 atom stereocenters. The van der Waals surface area contributed by atoms with E-state index in [1.807, 2.05) is 19.1 Å². The van der Waals surface area contributed by atoms with Gasteiger partial charge in [0.15, 0.2) is 0 Å². The average Bonchev–Trinajstić information content (AvgIpc) is 3.11. The van der Waals surface area contributed by atoms with E-state index >= 15 is 0 Å². The van der Waals surface area contributed by atoms with Crippen molar-refractivity contribution >= 4 is 40.8 Å². The number of nitrogens with zero attached hydrogens (tertiary/aromatic N) is 1. The SMILES string of the molecule is COc1ccc(OC)c(N2C(=O)C(Cl)=C(Nc3ccc(C(=O)Oc4ccc(C)cc4C(C)(C)C)cc3)C2=O)c1. The van der Waals surface area contributed by atoms with Crippen molar-refractivity contribution in [2.45, 2.75) is 33.1 Å². The van der Waals surface area contributed by atoms with Gasteiger partial charge in [-0.1, -0.05) is 50.1 Å². The molecule has 0 aromatic heterocycles. The van der Waals surface area contributed by atoms with Crippen LogP contribution in [-0.4, -0.2) is 32.0 Å². The smallest absolute Gasteiger partial charge is 0.343 e. The number of esters is 1. The summed E-state index contributed by atoms with van der Waals surface area (Å²) in [5.41, 5.74) is 2.66. The number of imide groups is 1. The molecular formula is C30H29ClN2O6. The van der Waals surface area contributed by atoms with Crippen molar-refractivity contribution in [2.75, 3.05) is 24.4 Å². The van der Waals surface area contributed by atoms with Crippen LogP contribution in [0.15, 0.2) is 71.4 Å². The highest BCUT2D eigenvalue weighted by Gasteiger charge is 2.40. The van der Waals surface area contributed by atoms with Crippen LogP contribution in [0.2, 0.25) is 0 Å². The first-order valence-corrected chi connectivity index (χ1v) is 12.5. The van der Waals surface area contributed by atoms with E-state index in [-0.39, 0.29) is 21.8 Å². The Balaban J connectivity index is 1.53. The van der Waals surface area contributed by atoms with Gasteiger partial charge in [-0.05, 0) is 54.8 Å². The van der Waals surface area contributed by atoms with E-state index < -0.39 is 17.8 Å². The number of nitrogens with one attached hydrogen (secondary N) is 1. The van der Waals surface area contributed by atoms with Gasteiger partial charge in [-0.25, -0.2) is 9.69 Å². The number of carbonyl (C=O) groups excluding carboxylic acids is 3. The van der Waals surface area contributed by atoms with Crippen molar-refractivity contribution in [2.24, 2.45) is 0 Å². The normalized spacial score (nSPS) is 13.6. The first-order valence-electron chi connectivity index (χ1n) is 12.2. The largest absolute Gasteiger partial charge is 0.497 e. The molecule has 202 valence electrons. The molecule has 39 heavy (non-hydrogen) atoms. The number of anilines is 2. The van der Waals surface area contributed by atoms with Gasteiger partial charge in [-0.3, -0.25) is 9.59 Å². The number of hydrogen-bond acceptors (Lipinski definition) is 7. The van der Waals surface area contributed by atoms with Crippen molar-refractivity contribution in [3.05, 3.63) is 88.1 Å². The molecule has 8 nitrogen and oxygen atoms in total. The van der Waals surface area contributed by atoms with Gasteiger partial charge in [-0.2, -0.15) is 0 Å². The van der Waals surface area contributed by atoms with Crippen LogP contribution in [0.5, 0.6) is 17.2 Å². The van der Waals surface area contributed by atoms with Gasteiger partial charge in [0.05, 0.1) is 25.5 Å². The lowest BCUT2D eigenvalue weighted by Gasteiger charge is -2.22. The number of ether oxygens (including phenoxy) is 3. The molecule has 4 rings (SSSR count). The van der Waals surface area contributed by atoms with Crippen LogP contribution in [0, 0.1) is 6.92 Å². The third-order valence-electron chi connectivity index (χ3n) is 6.19. The Kier molecular flexibility index (Phi) is 7.70. The lowest BCUT2D eigenvalue weighted by Crippen LogP contribution is -2.32. The summed E-state index contributed by atoms with van der Waals surface area (Å²) in [4.78, 5) is 40.0. The van der Waals surface area contributed by atoms with Crippen molar-refractivity contribution in [1.29, 1.82) is 0 Å². The third-order valence-corrected chi connectivity index (χ3v) is 6.54. The minimum atomic E-state index is -0.705. The van der Waals surface area contributed by atoms with Gasteiger partial charge >= 0.3 is 5.97 Å². The van der Waals surface area contributed by atoms with Crippen LogP contribution in [0.25, 0.3) is 0 Å². The lowest BCUT2D eigenvalue weighted by atomic mass is 9.85. The number of carbonyl (C=O) groups is 3. The first-order chi connectivity index (χ1) is 18.4. The molecule has 9 heteroatoms. The summed E-state index contributed by atoms with van der Waals surface area (Å²) in [6, 6.07) is 16.8. The molecule has 0 saturated heterocycles. The van der Waals surface area contributed by atoms with E-state index in [1.165, 1.54) is 20.3 Å². The monoisotopic (exact) mass is 548 g/mol. The number of methoxy groups -OCH3 is 2. The van der Waals surface area contributed by atoms with Crippen LogP contribution in [0.3, 0.4) is 0 Å². The second kappa shape index (κ2) is 10.8. The number of amides is 2. The van der Waals surface area contributed by atoms with Gasteiger partial charge in [-0.15, -0.1) is 0 Å². The fourth-order valence-corrected chi connectivity index (χ4v) is 4.33. The van der Waals surface area contributed by atoms with Gasteiger partial charge < -0.3 is 19.5 Å². The molecule has 3 aromatic carbocycles. The molecule has 0 unspecified atom stereocenters. The molecule has 0 radical (unpaired) electrons. The average molecular weight is 549 g/mol. The molecule has 1 heterocycles. The van der Waals surface area contributed by atoms with Gasteiger partial charge in [0.25, 0.3) is 11.8 Å². The molecule has 0 aliphatic carbocycles. The second-order valence-electron chi connectivity index (χ2n) is 10.0. The number of rotatable bonds is 7. The predicted octanol–water partition coefficient (Wildman–Crippen LogP) is 5.96. The van der Waals surface area contributed by atoms with Crippen molar-refractivity contribution in [1.82, 2.24) is 0 Å². The second-order valence-corrected chi connectivity index (χ2v) is 10.4. The van der Waals surface area contributed by atoms with Crippen LogP contribution in [-0.2, 0) is 15.0 Å². The van der Waals surface area contributed by atoms with E-state index in [2.05, 4.69) is 26.1 Å². The maximum atomic E-state index is 13.2. The zero-order chi connectivity index (χ0) is 28.5. The quantitative estimate of drug-likeness (QED) is 0.221. The number of hydrogen-bond donors (Lipinski definition) is 1. The summed E-state index contributed by atoms with van der Waals surface area (Å²) in [6.07, 6.45) is 0. The fraction of sp³-hybridized carbons (Fsp3) is 0.233. The Morgan fingerprint density at radius 1 is 0.872 bits per heavy atom. The van der Waals surface area contributed by atoms with E-state index in [4.69, 9.17) is 25.8 Å². The van der Waals surface area contributed by atoms with E-state index in [0.29, 0.717) is 28.5 Å². The zero-order valence-corrected chi connectivity index (χ0v) is 23.3. The maximum Gasteiger partial charge on any atom is 0.343 e. The molecule has 0 bridgehead atoms. The number of aryl methyl sites for hydroxylation is 1. The van der Waals surface area contributed by atoms with Crippen LogP contribution < -0.4 is 24.4 Å². The van der Waals surface area contributed by atoms with E-state index in [0.717, 1.165) is 16.0 Å². The summed E-state index contributed by atoms with van der Waals surface area (Å²) in [6.45, 7) is 8.16. The summed E-state index contributed by atoms with van der Waals surface area (Å²) < 4.78 is 16.3. The molecule has 0 fully saturated rings. The summed E-state index contributed by atoms with van der Waals surface area (Å²) >= 11 is 6.28. The summed E-state index contributed by atoms with van der Waals surface area (Å²) in [5, 5.41) is 2.62. The van der Waals surface area contributed by atoms with Crippen LogP contribution in [0.4, 0.5) is 11.4 Å². The lowest BCUT2D eigenvalue weighted by molar-refractivity contribution is -0.120. The highest BCUT2D eigenvalue weighted by molar-refractivity contribution is 6.53. The van der Waals surface area contributed by atoms with E-state index in [9.17, 15) is 14.4 Å². The number of halogens is 1. The van der Waals surface area contributed by atoms with Gasteiger partial charge in [0.2, 0.25) is 0 Å². The van der Waals surface area contributed by atoms with Gasteiger partial charge in [0, 0.05) is 17.3 Å². The third kappa shape index (κ3) is 5.61. The number of benzene rings is 3. The first kappa shape index (κ1) is 27.7.